The van der Waals surface area contributed by atoms with Gasteiger partial charge in [-0.25, -0.2) is 4.39 Å². The highest BCUT2D eigenvalue weighted by Crippen LogP contribution is 2.33. The number of benzene rings is 1. The molecule has 2 N–H and O–H groups in total. The van der Waals surface area contributed by atoms with Crippen molar-refractivity contribution in [1.82, 2.24) is 20.1 Å². The molecule has 0 saturated carbocycles. The van der Waals surface area contributed by atoms with Crippen LogP contribution in [0.2, 0.25) is 0 Å². The van der Waals surface area contributed by atoms with Gasteiger partial charge in [0.2, 0.25) is 0 Å². The summed E-state index contributed by atoms with van der Waals surface area (Å²) in [5.74, 6) is 0.156. The number of aromatic amines is 2. The summed E-state index contributed by atoms with van der Waals surface area (Å²) in [5.41, 5.74) is 3.57. The normalized spacial score (nSPS) is 15.7. The standard InChI is InChI=1S/C20H23FN4O/c1-2-3-15-11-19(24-23-15)20(26)25-8-6-13(7-9-25)17-12-22-18-10-14(21)4-5-16(17)18/h4-5,10-13,22H,2-3,6-9H2,1H3,(H,23,24). The number of hydrogen-bond donors (Lipinski definition) is 2. The van der Waals surface area contributed by atoms with Crippen LogP contribution in [0.5, 0.6) is 0 Å². The number of H-pyrrole nitrogens is 2. The molecular formula is C20H23FN4O. The van der Waals surface area contributed by atoms with E-state index in [-0.39, 0.29) is 11.7 Å². The second kappa shape index (κ2) is 6.94. The summed E-state index contributed by atoms with van der Waals surface area (Å²) >= 11 is 0. The molecule has 1 fully saturated rings. The van der Waals surface area contributed by atoms with E-state index in [1.807, 2.05) is 23.2 Å². The van der Waals surface area contributed by atoms with E-state index in [4.69, 9.17) is 0 Å². The lowest BCUT2D eigenvalue weighted by Crippen LogP contribution is -2.38. The molecule has 1 aromatic carbocycles. The van der Waals surface area contributed by atoms with Crippen LogP contribution in [0.4, 0.5) is 4.39 Å². The molecule has 3 aromatic rings. The fourth-order valence-corrected chi connectivity index (χ4v) is 3.88. The number of nitrogens with zero attached hydrogens (tertiary/aromatic N) is 2. The average Bonchev–Trinajstić information content (AvgIpc) is 3.28. The van der Waals surface area contributed by atoms with Gasteiger partial charge in [0.05, 0.1) is 0 Å². The number of nitrogens with one attached hydrogen (secondary N) is 2. The quantitative estimate of drug-likeness (QED) is 0.744. The van der Waals surface area contributed by atoms with Gasteiger partial charge in [0.25, 0.3) is 5.91 Å². The molecule has 1 aliphatic heterocycles. The molecule has 0 bridgehead atoms. The molecule has 26 heavy (non-hydrogen) atoms. The number of fused-ring (bicyclic) bond motifs is 1. The van der Waals surface area contributed by atoms with Crippen molar-refractivity contribution in [3.8, 4) is 0 Å². The summed E-state index contributed by atoms with van der Waals surface area (Å²) in [7, 11) is 0. The second-order valence-corrected chi connectivity index (χ2v) is 7.03. The minimum absolute atomic E-state index is 0.00282. The highest BCUT2D eigenvalue weighted by Gasteiger charge is 2.27. The van der Waals surface area contributed by atoms with Crippen LogP contribution in [0, 0.1) is 5.82 Å². The molecule has 0 radical (unpaired) electrons. The number of halogens is 1. The Morgan fingerprint density at radius 3 is 2.88 bits per heavy atom. The topological polar surface area (TPSA) is 64.8 Å². The maximum atomic E-state index is 13.4. The molecule has 136 valence electrons. The van der Waals surface area contributed by atoms with Crippen LogP contribution in [0.1, 0.15) is 53.8 Å². The number of aryl methyl sites for hydroxylation is 1. The van der Waals surface area contributed by atoms with Crippen LogP contribution in [0.25, 0.3) is 10.9 Å². The third-order valence-corrected chi connectivity index (χ3v) is 5.27. The molecule has 0 atom stereocenters. The van der Waals surface area contributed by atoms with E-state index in [0.29, 0.717) is 24.7 Å². The fourth-order valence-electron chi connectivity index (χ4n) is 3.88. The van der Waals surface area contributed by atoms with Crippen LogP contribution in [0.15, 0.2) is 30.5 Å². The lowest BCUT2D eigenvalue weighted by molar-refractivity contribution is 0.0707. The first-order valence-corrected chi connectivity index (χ1v) is 9.25. The number of amides is 1. The van der Waals surface area contributed by atoms with Gasteiger partial charge >= 0.3 is 0 Å². The Hall–Kier alpha value is -2.63. The molecule has 6 heteroatoms. The van der Waals surface area contributed by atoms with E-state index in [0.717, 1.165) is 42.3 Å². The average molecular weight is 354 g/mol. The van der Waals surface area contributed by atoms with Crippen molar-refractivity contribution in [2.45, 2.75) is 38.5 Å². The fraction of sp³-hybridized carbons (Fsp3) is 0.400. The zero-order valence-electron chi connectivity index (χ0n) is 14.9. The molecule has 3 heterocycles. The Kier molecular flexibility index (Phi) is 4.49. The van der Waals surface area contributed by atoms with Crippen LogP contribution in [-0.2, 0) is 6.42 Å². The second-order valence-electron chi connectivity index (χ2n) is 7.03. The number of likely N-dealkylation sites (tertiary alicyclic amines) is 1. The van der Waals surface area contributed by atoms with E-state index < -0.39 is 0 Å². The van der Waals surface area contributed by atoms with Crippen molar-refractivity contribution >= 4 is 16.8 Å². The Balaban J connectivity index is 1.43. The van der Waals surface area contributed by atoms with E-state index in [1.54, 1.807) is 0 Å². The first-order chi connectivity index (χ1) is 12.7. The predicted molar refractivity (Wildman–Crippen MR) is 98.7 cm³/mol. The number of rotatable bonds is 4. The smallest absolute Gasteiger partial charge is 0.274 e. The number of piperidine rings is 1. The maximum Gasteiger partial charge on any atom is 0.274 e. The molecule has 0 unspecified atom stereocenters. The Morgan fingerprint density at radius 1 is 1.31 bits per heavy atom. The molecule has 2 aromatic heterocycles. The minimum Gasteiger partial charge on any atom is -0.361 e. The SMILES string of the molecule is CCCc1cc(C(=O)N2CCC(c3c[nH]c4cc(F)ccc34)CC2)n[nH]1. The van der Waals surface area contributed by atoms with Gasteiger partial charge in [-0.15, -0.1) is 0 Å². The monoisotopic (exact) mass is 354 g/mol. The highest BCUT2D eigenvalue weighted by atomic mass is 19.1. The number of carbonyl (C=O) groups excluding carboxylic acids is 1. The van der Waals surface area contributed by atoms with Crippen molar-refractivity contribution in [3.05, 3.63) is 53.2 Å². The van der Waals surface area contributed by atoms with E-state index in [2.05, 4.69) is 22.1 Å². The first kappa shape index (κ1) is 16.8. The highest BCUT2D eigenvalue weighted by molar-refractivity contribution is 5.92. The molecule has 1 saturated heterocycles. The number of carbonyl (C=O) groups is 1. The molecule has 1 amide bonds. The van der Waals surface area contributed by atoms with Crippen molar-refractivity contribution in [1.29, 1.82) is 0 Å². The third-order valence-electron chi connectivity index (χ3n) is 5.27. The van der Waals surface area contributed by atoms with Gasteiger partial charge in [-0.3, -0.25) is 9.89 Å². The lowest BCUT2D eigenvalue weighted by Gasteiger charge is -2.31. The van der Waals surface area contributed by atoms with Crippen molar-refractivity contribution in [2.24, 2.45) is 0 Å². The summed E-state index contributed by atoms with van der Waals surface area (Å²) in [6, 6.07) is 6.74. The molecule has 0 aliphatic carbocycles. The zero-order chi connectivity index (χ0) is 18.1. The number of hydrogen-bond acceptors (Lipinski definition) is 2. The van der Waals surface area contributed by atoms with Crippen molar-refractivity contribution < 1.29 is 9.18 Å². The van der Waals surface area contributed by atoms with Crippen LogP contribution in [0.3, 0.4) is 0 Å². The van der Waals surface area contributed by atoms with E-state index >= 15 is 0 Å². The number of aromatic nitrogens is 3. The van der Waals surface area contributed by atoms with Gasteiger partial charge in [0, 0.05) is 35.9 Å². The van der Waals surface area contributed by atoms with Crippen LogP contribution in [-0.4, -0.2) is 39.1 Å². The van der Waals surface area contributed by atoms with Gasteiger partial charge in [-0.2, -0.15) is 5.10 Å². The van der Waals surface area contributed by atoms with Crippen LogP contribution >= 0.6 is 0 Å². The summed E-state index contributed by atoms with van der Waals surface area (Å²) in [5, 5.41) is 8.20. The zero-order valence-corrected chi connectivity index (χ0v) is 14.9. The Labute approximate surface area is 151 Å². The molecule has 4 rings (SSSR count). The summed E-state index contributed by atoms with van der Waals surface area (Å²) < 4.78 is 13.4. The first-order valence-electron chi connectivity index (χ1n) is 9.25. The van der Waals surface area contributed by atoms with Gasteiger partial charge in [-0.05, 0) is 55.0 Å². The van der Waals surface area contributed by atoms with Crippen LogP contribution < -0.4 is 0 Å². The molecule has 0 spiro atoms. The minimum atomic E-state index is -0.229. The molecule has 1 aliphatic rings. The molecular weight excluding hydrogens is 331 g/mol. The third kappa shape index (κ3) is 3.11. The van der Waals surface area contributed by atoms with Gasteiger partial charge in [0.1, 0.15) is 11.5 Å². The molecule has 5 nitrogen and oxygen atoms in total. The van der Waals surface area contributed by atoms with Crippen molar-refractivity contribution in [3.63, 3.8) is 0 Å². The van der Waals surface area contributed by atoms with Gasteiger partial charge < -0.3 is 9.88 Å². The summed E-state index contributed by atoms with van der Waals surface area (Å²) in [6.45, 7) is 3.53. The lowest BCUT2D eigenvalue weighted by atomic mass is 9.89. The van der Waals surface area contributed by atoms with E-state index in [9.17, 15) is 9.18 Å². The summed E-state index contributed by atoms with van der Waals surface area (Å²) in [6.07, 6.45) is 5.72. The van der Waals surface area contributed by atoms with Gasteiger partial charge in [-0.1, -0.05) is 13.3 Å². The predicted octanol–water partition coefficient (Wildman–Crippen LogP) is 4.00. The Bertz CT molecular complexity index is 921. The largest absolute Gasteiger partial charge is 0.361 e. The van der Waals surface area contributed by atoms with E-state index in [1.165, 1.54) is 17.7 Å². The van der Waals surface area contributed by atoms with Crippen molar-refractivity contribution in [2.75, 3.05) is 13.1 Å². The Morgan fingerprint density at radius 2 is 2.12 bits per heavy atom. The maximum absolute atomic E-state index is 13.4. The van der Waals surface area contributed by atoms with Gasteiger partial charge in [0.15, 0.2) is 0 Å². The summed E-state index contributed by atoms with van der Waals surface area (Å²) in [4.78, 5) is 17.7.